The van der Waals surface area contributed by atoms with Gasteiger partial charge in [-0.2, -0.15) is 0 Å². The van der Waals surface area contributed by atoms with Crippen molar-refractivity contribution in [2.45, 2.75) is 19.5 Å². The first-order valence-electron chi connectivity index (χ1n) is 9.22. The third-order valence-corrected chi connectivity index (χ3v) is 4.40. The van der Waals surface area contributed by atoms with Crippen LogP contribution in [0.4, 0.5) is 10.1 Å². The van der Waals surface area contributed by atoms with Gasteiger partial charge < -0.3 is 10.6 Å². The molecule has 0 saturated carbocycles. The summed E-state index contributed by atoms with van der Waals surface area (Å²) in [5, 5.41) is 6.30. The van der Waals surface area contributed by atoms with Gasteiger partial charge in [0.25, 0.3) is 0 Å². The normalized spacial score (nSPS) is 11.9. The molecular weight excluding hydrogens is 351 g/mol. The summed E-state index contributed by atoms with van der Waals surface area (Å²) in [6, 6.07) is 24.3. The molecule has 4 heteroatoms. The zero-order valence-electron chi connectivity index (χ0n) is 15.7. The van der Waals surface area contributed by atoms with Gasteiger partial charge in [0.2, 0.25) is 5.91 Å². The number of amides is 1. The Morgan fingerprint density at radius 1 is 1.00 bits per heavy atom. The maximum atomic E-state index is 13.6. The quantitative estimate of drug-likeness (QED) is 0.549. The lowest BCUT2D eigenvalue weighted by Crippen LogP contribution is -2.24. The van der Waals surface area contributed by atoms with Crippen molar-refractivity contribution >= 4 is 17.7 Å². The van der Waals surface area contributed by atoms with Gasteiger partial charge in [-0.05, 0) is 42.3 Å². The average Bonchev–Trinajstić information content (AvgIpc) is 2.72. The van der Waals surface area contributed by atoms with E-state index in [4.69, 9.17) is 0 Å². The van der Waals surface area contributed by atoms with Crippen LogP contribution in [-0.2, 0) is 11.3 Å². The van der Waals surface area contributed by atoms with Gasteiger partial charge in [0.1, 0.15) is 5.82 Å². The molecule has 142 valence electrons. The van der Waals surface area contributed by atoms with E-state index in [9.17, 15) is 9.18 Å². The fourth-order valence-electron chi connectivity index (χ4n) is 2.84. The highest BCUT2D eigenvalue weighted by Gasteiger charge is 2.08. The molecule has 0 radical (unpaired) electrons. The number of anilines is 1. The number of hydrogen-bond donors (Lipinski definition) is 2. The monoisotopic (exact) mass is 374 g/mol. The van der Waals surface area contributed by atoms with Gasteiger partial charge in [-0.25, -0.2) is 4.39 Å². The second-order valence-electron chi connectivity index (χ2n) is 6.55. The molecule has 0 spiro atoms. The molecular formula is C24H23FN2O. The summed E-state index contributed by atoms with van der Waals surface area (Å²) in [5.74, 6) is -0.616. The van der Waals surface area contributed by atoms with Crippen LogP contribution >= 0.6 is 0 Å². The molecule has 0 aliphatic rings. The molecule has 2 N–H and O–H groups in total. The first kappa shape index (κ1) is 19.4. The highest BCUT2D eigenvalue weighted by Crippen LogP contribution is 2.18. The molecule has 0 aliphatic carbocycles. The second-order valence-corrected chi connectivity index (χ2v) is 6.55. The van der Waals surface area contributed by atoms with Gasteiger partial charge in [-0.15, -0.1) is 0 Å². The van der Waals surface area contributed by atoms with Crippen molar-refractivity contribution in [2.75, 3.05) is 5.32 Å². The fraction of sp³-hybridized carbons (Fsp3) is 0.125. The summed E-state index contributed by atoms with van der Waals surface area (Å²) in [7, 11) is 0. The molecule has 0 heterocycles. The lowest BCUT2D eigenvalue weighted by Gasteiger charge is -2.15. The van der Waals surface area contributed by atoms with Crippen LogP contribution in [0.5, 0.6) is 0 Å². The van der Waals surface area contributed by atoms with E-state index in [2.05, 4.69) is 22.8 Å². The maximum Gasteiger partial charge on any atom is 0.244 e. The van der Waals surface area contributed by atoms with E-state index in [-0.39, 0.29) is 17.8 Å². The van der Waals surface area contributed by atoms with E-state index in [1.165, 1.54) is 23.8 Å². The van der Waals surface area contributed by atoms with Crippen molar-refractivity contribution in [3.05, 3.63) is 107 Å². The lowest BCUT2D eigenvalue weighted by atomic mass is 10.1. The zero-order chi connectivity index (χ0) is 19.8. The Hall–Kier alpha value is -3.40. The fourth-order valence-corrected chi connectivity index (χ4v) is 2.84. The van der Waals surface area contributed by atoms with Crippen molar-refractivity contribution in [3.8, 4) is 0 Å². The van der Waals surface area contributed by atoms with Crippen molar-refractivity contribution in [3.63, 3.8) is 0 Å². The number of nitrogens with one attached hydrogen (secondary N) is 2. The Kier molecular flexibility index (Phi) is 6.58. The SMILES string of the molecule is C[C@H](NC(=O)/C=C\c1ccccc1F)c1cccc(NCc2ccccc2)c1. The van der Waals surface area contributed by atoms with Gasteiger partial charge in [0.15, 0.2) is 0 Å². The summed E-state index contributed by atoms with van der Waals surface area (Å²) in [5.41, 5.74) is 3.57. The predicted molar refractivity (Wildman–Crippen MR) is 112 cm³/mol. The summed E-state index contributed by atoms with van der Waals surface area (Å²) in [6.07, 6.45) is 2.83. The summed E-state index contributed by atoms with van der Waals surface area (Å²) < 4.78 is 13.6. The minimum atomic E-state index is -0.350. The first-order valence-corrected chi connectivity index (χ1v) is 9.22. The van der Waals surface area contributed by atoms with Crippen LogP contribution < -0.4 is 10.6 Å². The number of carbonyl (C=O) groups excluding carboxylic acids is 1. The van der Waals surface area contributed by atoms with Gasteiger partial charge in [0.05, 0.1) is 6.04 Å². The highest BCUT2D eigenvalue weighted by molar-refractivity contribution is 5.92. The van der Waals surface area contributed by atoms with Crippen LogP contribution in [0, 0.1) is 5.82 Å². The minimum Gasteiger partial charge on any atom is -0.381 e. The Balaban J connectivity index is 1.58. The zero-order valence-corrected chi connectivity index (χ0v) is 15.7. The Morgan fingerprint density at radius 3 is 2.54 bits per heavy atom. The predicted octanol–water partition coefficient (Wildman–Crippen LogP) is 5.33. The number of rotatable bonds is 7. The topological polar surface area (TPSA) is 41.1 Å². The van der Waals surface area contributed by atoms with Crippen molar-refractivity contribution < 1.29 is 9.18 Å². The number of benzene rings is 3. The molecule has 3 aromatic rings. The van der Waals surface area contributed by atoms with E-state index < -0.39 is 0 Å². The largest absolute Gasteiger partial charge is 0.381 e. The van der Waals surface area contributed by atoms with Crippen molar-refractivity contribution in [1.82, 2.24) is 5.32 Å². The van der Waals surface area contributed by atoms with Crippen LogP contribution in [0.1, 0.15) is 29.7 Å². The van der Waals surface area contributed by atoms with E-state index >= 15 is 0 Å². The molecule has 1 atom stereocenters. The third kappa shape index (κ3) is 5.55. The molecule has 0 aliphatic heterocycles. The van der Waals surface area contributed by atoms with Crippen LogP contribution in [-0.4, -0.2) is 5.91 Å². The van der Waals surface area contributed by atoms with Crippen LogP contribution in [0.25, 0.3) is 6.08 Å². The average molecular weight is 374 g/mol. The Morgan fingerprint density at radius 2 is 1.75 bits per heavy atom. The number of hydrogen-bond acceptors (Lipinski definition) is 2. The van der Waals surface area contributed by atoms with Gasteiger partial charge in [-0.3, -0.25) is 4.79 Å². The smallest absolute Gasteiger partial charge is 0.244 e. The first-order chi connectivity index (χ1) is 13.6. The van der Waals surface area contributed by atoms with Crippen LogP contribution in [0.3, 0.4) is 0 Å². The minimum absolute atomic E-state index is 0.170. The number of halogens is 1. The molecule has 1 amide bonds. The van der Waals surface area contributed by atoms with Crippen LogP contribution in [0.2, 0.25) is 0 Å². The molecule has 3 nitrogen and oxygen atoms in total. The van der Waals surface area contributed by atoms with Gasteiger partial charge in [0, 0.05) is 23.9 Å². The number of carbonyl (C=O) groups is 1. The molecule has 0 fully saturated rings. The molecule has 0 bridgehead atoms. The Bertz CT molecular complexity index is 954. The van der Waals surface area contributed by atoms with E-state index in [1.54, 1.807) is 18.2 Å². The summed E-state index contributed by atoms with van der Waals surface area (Å²) >= 11 is 0. The van der Waals surface area contributed by atoms with Gasteiger partial charge >= 0.3 is 0 Å². The second kappa shape index (κ2) is 9.51. The van der Waals surface area contributed by atoms with E-state index in [1.807, 2.05) is 49.4 Å². The van der Waals surface area contributed by atoms with Crippen LogP contribution in [0.15, 0.2) is 84.9 Å². The molecule has 0 saturated heterocycles. The Labute approximate surface area is 164 Å². The molecule has 3 aromatic carbocycles. The molecule has 0 unspecified atom stereocenters. The molecule has 28 heavy (non-hydrogen) atoms. The third-order valence-electron chi connectivity index (χ3n) is 4.40. The summed E-state index contributed by atoms with van der Waals surface area (Å²) in [6.45, 7) is 2.65. The van der Waals surface area contributed by atoms with Gasteiger partial charge in [-0.1, -0.05) is 60.7 Å². The summed E-state index contributed by atoms with van der Waals surface area (Å²) in [4.78, 5) is 12.2. The van der Waals surface area contributed by atoms with E-state index in [0.717, 1.165) is 17.8 Å². The lowest BCUT2D eigenvalue weighted by molar-refractivity contribution is -0.117. The molecule has 0 aromatic heterocycles. The molecule has 3 rings (SSSR count). The van der Waals surface area contributed by atoms with Crippen molar-refractivity contribution in [1.29, 1.82) is 0 Å². The maximum absolute atomic E-state index is 13.6. The van der Waals surface area contributed by atoms with E-state index in [0.29, 0.717) is 5.56 Å². The standard InChI is InChI=1S/C24H23FN2O/c1-18(27-24(28)15-14-20-10-5-6-13-23(20)25)21-11-7-12-22(16-21)26-17-19-8-3-2-4-9-19/h2-16,18,26H,17H2,1H3,(H,27,28)/b15-14-/t18-/m0/s1. The van der Waals surface area contributed by atoms with Crippen molar-refractivity contribution in [2.24, 2.45) is 0 Å². The highest BCUT2D eigenvalue weighted by atomic mass is 19.1.